The van der Waals surface area contributed by atoms with E-state index in [-0.39, 0.29) is 12.0 Å². The Morgan fingerprint density at radius 3 is 2.85 bits per heavy atom. The van der Waals surface area contributed by atoms with Gasteiger partial charge in [-0.3, -0.25) is 4.79 Å². The van der Waals surface area contributed by atoms with Gasteiger partial charge in [-0.1, -0.05) is 6.92 Å². The zero-order valence-electron chi connectivity index (χ0n) is 8.58. The van der Waals surface area contributed by atoms with Crippen molar-refractivity contribution in [3.05, 3.63) is 0 Å². The van der Waals surface area contributed by atoms with Crippen LogP contribution in [0.3, 0.4) is 0 Å². The molecule has 0 spiro atoms. The Morgan fingerprint density at radius 1 is 1.54 bits per heavy atom. The van der Waals surface area contributed by atoms with Crippen LogP contribution in [0.15, 0.2) is 0 Å². The monoisotopic (exact) mass is 185 g/mol. The van der Waals surface area contributed by atoms with Crippen LogP contribution < -0.4 is 0 Å². The lowest BCUT2D eigenvalue weighted by molar-refractivity contribution is -0.145. The summed E-state index contributed by atoms with van der Waals surface area (Å²) in [5.74, 6) is 0.154. The van der Waals surface area contributed by atoms with Gasteiger partial charge in [0.25, 0.3) is 5.91 Å². The van der Waals surface area contributed by atoms with Gasteiger partial charge in [-0.25, -0.2) is 0 Å². The molecule has 1 atom stereocenters. The van der Waals surface area contributed by atoms with E-state index in [9.17, 15) is 4.79 Å². The molecular weight excluding hydrogens is 166 g/mol. The Balaban J connectivity index is 2.36. The highest BCUT2D eigenvalue weighted by molar-refractivity contribution is 5.80. The molecule has 0 aromatic heterocycles. The van der Waals surface area contributed by atoms with E-state index in [4.69, 9.17) is 4.74 Å². The first-order valence-electron chi connectivity index (χ1n) is 5.12. The SMILES string of the molecule is CCCN(C)C(=O)C1CCCCO1. The van der Waals surface area contributed by atoms with Crippen LogP contribution in [0.25, 0.3) is 0 Å². The summed E-state index contributed by atoms with van der Waals surface area (Å²) in [5.41, 5.74) is 0. The first-order valence-corrected chi connectivity index (χ1v) is 5.12. The molecule has 1 heterocycles. The molecule has 0 saturated carbocycles. The largest absolute Gasteiger partial charge is 0.368 e. The third-order valence-electron chi connectivity index (χ3n) is 2.39. The number of nitrogens with zero attached hydrogens (tertiary/aromatic N) is 1. The number of rotatable bonds is 3. The van der Waals surface area contributed by atoms with E-state index in [2.05, 4.69) is 6.92 Å². The molecule has 0 aliphatic carbocycles. The van der Waals surface area contributed by atoms with Crippen molar-refractivity contribution in [1.82, 2.24) is 4.90 Å². The van der Waals surface area contributed by atoms with Crippen LogP contribution in [0, 0.1) is 0 Å². The predicted octanol–water partition coefficient (Wildman–Crippen LogP) is 1.42. The first kappa shape index (κ1) is 10.5. The van der Waals surface area contributed by atoms with Gasteiger partial charge in [-0.05, 0) is 25.7 Å². The maximum absolute atomic E-state index is 11.7. The number of carbonyl (C=O) groups excluding carboxylic acids is 1. The molecular formula is C10H19NO2. The van der Waals surface area contributed by atoms with E-state index in [1.54, 1.807) is 4.90 Å². The average Bonchev–Trinajstić information content (AvgIpc) is 2.18. The molecule has 1 rings (SSSR count). The van der Waals surface area contributed by atoms with Gasteiger partial charge >= 0.3 is 0 Å². The second-order valence-corrected chi connectivity index (χ2v) is 3.62. The summed E-state index contributed by atoms with van der Waals surface area (Å²) in [6.07, 6.45) is 3.96. The quantitative estimate of drug-likeness (QED) is 0.665. The van der Waals surface area contributed by atoms with Crippen LogP contribution in [0.5, 0.6) is 0 Å². The minimum atomic E-state index is -0.162. The fraction of sp³-hybridized carbons (Fsp3) is 0.900. The normalized spacial score (nSPS) is 22.8. The zero-order chi connectivity index (χ0) is 9.68. The molecule has 0 aromatic carbocycles. The molecule has 0 N–H and O–H groups in total. The standard InChI is InChI=1S/C10H19NO2/c1-3-7-11(2)10(12)9-6-4-5-8-13-9/h9H,3-8H2,1-2H3. The smallest absolute Gasteiger partial charge is 0.251 e. The van der Waals surface area contributed by atoms with Gasteiger partial charge in [-0.15, -0.1) is 0 Å². The molecule has 3 nitrogen and oxygen atoms in total. The van der Waals surface area contributed by atoms with Gasteiger partial charge in [0.15, 0.2) is 0 Å². The summed E-state index contributed by atoms with van der Waals surface area (Å²) in [6.45, 7) is 3.65. The van der Waals surface area contributed by atoms with Crippen molar-refractivity contribution in [2.45, 2.75) is 38.7 Å². The molecule has 1 aliphatic heterocycles. The van der Waals surface area contributed by atoms with Crippen molar-refractivity contribution < 1.29 is 9.53 Å². The van der Waals surface area contributed by atoms with Crippen molar-refractivity contribution in [3.8, 4) is 0 Å². The lowest BCUT2D eigenvalue weighted by Gasteiger charge is -2.26. The molecule has 0 bridgehead atoms. The zero-order valence-corrected chi connectivity index (χ0v) is 8.58. The third-order valence-corrected chi connectivity index (χ3v) is 2.39. The van der Waals surface area contributed by atoms with Gasteiger partial charge in [0, 0.05) is 20.2 Å². The first-order chi connectivity index (χ1) is 6.25. The molecule has 1 aliphatic rings. The minimum Gasteiger partial charge on any atom is -0.368 e. The molecule has 13 heavy (non-hydrogen) atoms. The minimum absolute atomic E-state index is 0.154. The van der Waals surface area contributed by atoms with Crippen molar-refractivity contribution in [2.24, 2.45) is 0 Å². The second-order valence-electron chi connectivity index (χ2n) is 3.62. The van der Waals surface area contributed by atoms with E-state index in [0.29, 0.717) is 0 Å². The molecule has 0 aromatic rings. The molecule has 1 fully saturated rings. The Bertz CT molecular complexity index is 164. The highest BCUT2D eigenvalue weighted by atomic mass is 16.5. The highest BCUT2D eigenvalue weighted by Gasteiger charge is 2.24. The van der Waals surface area contributed by atoms with Crippen molar-refractivity contribution in [1.29, 1.82) is 0 Å². The number of carbonyl (C=O) groups is 1. The van der Waals surface area contributed by atoms with Gasteiger partial charge in [0.05, 0.1) is 0 Å². The number of likely N-dealkylation sites (N-methyl/N-ethyl adjacent to an activating group) is 1. The predicted molar refractivity (Wildman–Crippen MR) is 51.5 cm³/mol. The summed E-state index contributed by atoms with van der Waals surface area (Å²) >= 11 is 0. The summed E-state index contributed by atoms with van der Waals surface area (Å²) in [6, 6.07) is 0. The van der Waals surface area contributed by atoms with E-state index in [0.717, 1.165) is 38.8 Å². The van der Waals surface area contributed by atoms with Crippen LogP contribution in [-0.2, 0) is 9.53 Å². The van der Waals surface area contributed by atoms with E-state index in [1.807, 2.05) is 7.05 Å². The molecule has 3 heteroatoms. The fourth-order valence-corrected chi connectivity index (χ4v) is 1.63. The van der Waals surface area contributed by atoms with E-state index >= 15 is 0 Å². The van der Waals surface area contributed by atoms with Crippen LogP contribution in [0.4, 0.5) is 0 Å². The number of hydrogen-bond acceptors (Lipinski definition) is 2. The topological polar surface area (TPSA) is 29.5 Å². The average molecular weight is 185 g/mol. The molecule has 1 unspecified atom stereocenters. The summed E-state index contributed by atoms with van der Waals surface area (Å²) < 4.78 is 5.42. The van der Waals surface area contributed by atoms with Crippen LogP contribution in [0.2, 0.25) is 0 Å². The molecule has 0 radical (unpaired) electrons. The van der Waals surface area contributed by atoms with Gasteiger partial charge in [0.1, 0.15) is 6.10 Å². The number of hydrogen-bond donors (Lipinski definition) is 0. The maximum atomic E-state index is 11.7. The van der Waals surface area contributed by atoms with Crippen LogP contribution in [0.1, 0.15) is 32.6 Å². The van der Waals surface area contributed by atoms with Gasteiger partial charge < -0.3 is 9.64 Å². The third kappa shape index (κ3) is 2.99. The lowest BCUT2D eigenvalue weighted by atomic mass is 10.1. The Labute approximate surface area is 80.1 Å². The van der Waals surface area contributed by atoms with Gasteiger partial charge in [-0.2, -0.15) is 0 Å². The highest BCUT2D eigenvalue weighted by Crippen LogP contribution is 2.14. The van der Waals surface area contributed by atoms with Crippen LogP contribution in [-0.4, -0.2) is 37.1 Å². The van der Waals surface area contributed by atoms with E-state index < -0.39 is 0 Å². The van der Waals surface area contributed by atoms with E-state index in [1.165, 1.54) is 0 Å². The van der Waals surface area contributed by atoms with Crippen LogP contribution >= 0.6 is 0 Å². The second kappa shape index (κ2) is 5.22. The lowest BCUT2D eigenvalue weighted by Crippen LogP contribution is -2.39. The molecule has 76 valence electrons. The van der Waals surface area contributed by atoms with Crippen molar-refractivity contribution in [3.63, 3.8) is 0 Å². The summed E-state index contributed by atoms with van der Waals surface area (Å²) in [4.78, 5) is 13.5. The Hall–Kier alpha value is -0.570. The van der Waals surface area contributed by atoms with Crippen molar-refractivity contribution >= 4 is 5.91 Å². The maximum Gasteiger partial charge on any atom is 0.251 e. The molecule has 1 amide bonds. The van der Waals surface area contributed by atoms with Gasteiger partial charge in [0.2, 0.25) is 0 Å². The number of ether oxygens (including phenoxy) is 1. The Kier molecular flexibility index (Phi) is 4.22. The van der Waals surface area contributed by atoms with Crippen molar-refractivity contribution in [2.75, 3.05) is 20.2 Å². The summed E-state index contributed by atoms with van der Waals surface area (Å²) in [7, 11) is 1.85. The number of amides is 1. The summed E-state index contributed by atoms with van der Waals surface area (Å²) in [5, 5.41) is 0. The molecule has 1 saturated heterocycles. The fourth-order valence-electron chi connectivity index (χ4n) is 1.63. The Morgan fingerprint density at radius 2 is 2.31 bits per heavy atom.